The molecule has 1 N–H and O–H groups in total. The lowest BCUT2D eigenvalue weighted by molar-refractivity contribution is 0.606. The number of rotatable bonds is 2. The maximum Gasteiger partial charge on any atom is 0.195 e. The molecule has 1 aliphatic carbocycles. The maximum absolute atomic E-state index is 5.21. The van der Waals surface area contributed by atoms with E-state index in [0.717, 1.165) is 16.5 Å². The zero-order valence-electron chi connectivity index (χ0n) is 8.24. The standard InChI is InChI=1S/C9H15N3S/c1-5(2)8-10-11-9(13)12(8)7-4-6(7)3/h5-7H,4H2,1-3H3,(H,11,13). The highest BCUT2D eigenvalue weighted by molar-refractivity contribution is 7.71. The van der Waals surface area contributed by atoms with Crippen LogP contribution in [0.2, 0.25) is 0 Å². The van der Waals surface area contributed by atoms with Gasteiger partial charge in [0.1, 0.15) is 5.82 Å². The molecule has 3 nitrogen and oxygen atoms in total. The molecule has 0 amide bonds. The fourth-order valence-electron chi connectivity index (χ4n) is 1.71. The number of hydrogen-bond acceptors (Lipinski definition) is 2. The summed E-state index contributed by atoms with van der Waals surface area (Å²) in [4.78, 5) is 0. The molecule has 0 saturated heterocycles. The van der Waals surface area contributed by atoms with Crippen molar-refractivity contribution in [2.45, 2.75) is 39.2 Å². The van der Waals surface area contributed by atoms with Crippen LogP contribution in [0.1, 0.15) is 45.0 Å². The average Bonchev–Trinajstić information content (AvgIpc) is 2.60. The quantitative estimate of drug-likeness (QED) is 0.739. The van der Waals surface area contributed by atoms with Crippen molar-refractivity contribution < 1.29 is 0 Å². The molecule has 1 heterocycles. The maximum atomic E-state index is 5.21. The molecule has 72 valence electrons. The molecule has 2 atom stereocenters. The summed E-state index contributed by atoms with van der Waals surface area (Å²) in [6.07, 6.45) is 1.24. The number of aromatic nitrogens is 3. The predicted octanol–water partition coefficient (Wildman–Crippen LogP) is 2.64. The lowest BCUT2D eigenvalue weighted by Crippen LogP contribution is -2.04. The second-order valence-corrected chi connectivity index (χ2v) is 4.58. The van der Waals surface area contributed by atoms with E-state index in [1.165, 1.54) is 6.42 Å². The highest BCUT2D eigenvalue weighted by Gasteiger charge is 2.36. The van der Waals surface area contributed by atoms with Gasteiger partial charge in [0.25, 0.3) is 0 Å². The van der Waals surface area contributed by atoms with E-state index in [4.69, 9.17) is 12.2 Å². The Morgan fingerprint density at radius 2 is 2.23 bits per heavy atom. The van der Waals surface area contributed by atoms with Crippen molar-refractivity contribution in [3.63, 3.8) is 0 Å². The second kappa shape index (κ2) is 2.94. The lowest BCUT2D eigenvalue weighted by Gasteiger charge is -2.07. The van der Waals surface area contributed by atoms with Crippen molar-refractivity contribution in [3.05, 3.63) is 10.6 Å². The van der Waals surface area contributed by atoms with Crippen molar-refractivity contribution in [2.24, 2.45) is 5.92 Å². The van der Waals surface area contributed by atoms with E-state index >= 15 is 0 Å². The first-order valence-corrected chi connectivity index (χ1v) is 5.19. The van der Waals surface area contributed by atoms with Gasteiger partial charge in [0.05, 0.1) is 0 Å². The molecule has 1 fully saturated rings. The third-order valence-electron chi connectivity index (χ3n) is 2.65. The highest BCUT2D eigenvalue weighted by Crippen LogP contribution is 2.43. The van der Waals surface area contributed by atoms with Crippen molar-refractivity contribution in [2.75, 3.05) is 0 Å². The Kier molecular flexibility index (Phi) is 2.02. The topological polar surface area (TPSA) is 33.6 Å². The molecule has 0 aliphatic heterocycles. The van der Waals surface area contributed by atoms with Gasteiger partial charge in [-0.15, -0.1) is 0 Å². The summed E-state index contributed by atoms with van der Waals surface area (Å²) in [5.41, 5.74) is 0. The van der Waals surface area contributed by atoms with Gasteiger partial charge in [-0.2, -0.15) is 5.10 Å². The minimum atomic E-state index is 0.445. The number of nitrogens with one attached hydrogen (secondary N) is 1. The Balaban J connectivity index is 2.42. The van der Waals surface area contributed by atoms with Crippen LogP contribution >= 0.6 is 12.2 Å². The van der Waals surface area contributed by atoms with Gasteiger partial charge in [0.2, 0.25) is 0 Å². The molecule has 1 aromatic heterocycles. The second-order valence-electron chi connectivity index (χ2n) is 4.19. The molecule has 2 rings (SSSR count). The zero-order valence-corrected chi connectivity index (χ0v) is 9.06. The van der Waals surface area contributed by atoms with Crippen molar-refractivity contribution >= 4 is 12.2 Å². The normalized spacial score (nSPS) is 26.8. The summed E-state index contributed by atoms with van der Waals surface area (Å²) in [5.74, 6) is 2.31. The third kappa shape index (κ3) is 1.43. The van der Waals surface area contributed by atoms with Crippen molar-refractivity contribution in [1.82, 2.24) is 14.8 Å². The molecule has 2 unspecified atom stereocenters. The van der Waals surface area contributed by atoms with Crippen LogP contribution in [-0.4, -0.2) is 14.8 Å². The van der Waals surface area contributed by atoms with Gasteiger partial charge in [0.15, 0.2) is 4.77 Å². The molecule has 13 heavy (non-hydrogen) atoms. The van der Waals surface area contributed by atoms with Crippen LogP contribution < -0.4 is 0 Å². The van der Waals surface area contributed by atoms with Crippen LogP contribution in [0.5, 0.6) is 0 Å². The third-order valence-corrected chi connectivity index (χ3v) is 2.93. The van der Waals surface area contributed by atoms with Gasteiger partial charge in [0, 0.05) is 12.0 Å². The van der Waals surface area contributed by atoms with Gasteiger partial charge < -0.3 is 4.57 Å². The monoisotopic (exact) mass is 197 g/mol. The molecule has 1 aromatic rings. The van der Waals surface area contributed by atoms with Crippen LogP contribution in [0.3, 0.4) is 0 Å². The summed E-state index contributed by atoms with van der Waals surface area (Å²) < 4.78 is 2.96. The first-order chi connectivity index (χ1) is 6.11. The van der Waals surface area contributed by atoms with E-state index in [-0.39, 0.29) is 0 Å². The smallest absolute Gasteiger partial charge is 0.195 e. The van der Waals surface area contributed by atoms with Crippen molar-refractivity contribution in [3.8, 4) is 0 Å². The first kappa shape index (κ1) is 8.94. The Hall–Kier alpha value is -0.640. The van der Waals surface area contributed by atoms with Crippen LogP contribution in [0.4, 0.5) is 0 Å². The van der Waals surface area contributed by atoms with E-state index in [0.29, 0.717) is 12.0 Å². The summed E-state index contributed by atoms with van der Waals surface area (Å²) in [6.45, 7) is 6.55. The van der Waals surface area contributed by atoms with Crippen molar-refractivity contribution in [1.29, 1.82) is 0 Å². The summed E-state index contributed by atoms with van der Waals surface area (Å²) in [5, 5.41) is 7.13. The number of hydrogen-bond donors (Lipinski definition) is 1. The van der Waals surface area contributed by atoms with Gasteiger partial charge in [-0.3, -0.25) is 5.10 Å². The van der Waals surface area contributed by atoms with E-state index < -0.39 is 0 Å². The molecular weight excluding hydrogens is 182 g/mol. The predicted molar refractivity (Wildman–Crippen MR) is 54.3 cm³/mol. The van der Waals surface area contributed by atoms with Gasteiger partial charge >= 0.3 is 0 Å². The van der Waals surface area contributed by atoms with Gasteiger partial charge in [-0.25, -0.2) is 0 Å². The van der Waals surface area contributed by atoms with Crippen LogP contribution in [0, 0.1) is 10.7 Å². The minimum Gasteiger partial charge on any atom is -0.301 e. The summed E-state index contributed by atoms with van der Waals surface area (Å²) in [6, 6.07) is 0.601. The highest BCUT2D eigenvalue weighted by atomic mass is 32.1. The molecule has 1 saturated carbocycles. The molecule has 0 aromatic carbocycles. The van der Waals surface area contributed by atoms with Crippen LogP contribution in [0.25, 0.3) is 0 Å². The Labute approximate surface area is 83.2 Å². The summed E-state index contributed by atoms with van der Waals surface area (Å²) in [7, 11) is 0. The largest absolute Gasteiger partial charge is 0.301 e. The van der Waals surface area contributed by atoms with Crippen LogP contribution in [0.15, 0.2) is 0 Å². The molecular formula is C9H15N3S. The van der Waals surface area contributed by atoms with E-state index in [2.05, 4.69) is 35.5 Å². The minimum absolute atomic E-state index is 0.445. The Bertz CT molecular complexity index is 363. The first-order valence-electron chi connectivity index (χ1n) is 4.78. The molecule has 4 heteroatoms. The lowest BCUT2D eigenvalue weighted by atomic mass is 10.2. The van der Waals surface area contributed by atoms with Gasteiger partial charge in [-0.1, -0.05) is 20.8 Å². The summed E-state index contributed by atoms with van der Waals surface area (Å²) >= 11 is 5.21. The fraction of sp³-hybridized carbons (Fsp3) is 0.778. The SMILES string of the molecule is CC(C)c1n[nH]c(=S)n1C1CC1C. The van der Waals surface area contributed by atoms with Crippen LogP contribution in [-0.2, 0) is 0 Å². The average molecular weight is 197 g/mol. The van der Waals surface area contributed by atoms with E-state index in [1.807, 2.05) is 0 Å². The fourth-order valence-corrected chi connectivity index (χ4v) is 1.98. The Morgan fingerprint density at radius 3 is 2.69 bits per heavy atom. The molecule has 0 bridgehead atoms. The van der Waals surface area contributed by atoms with Gasteiger partial charge in [-0.05, 0) is 24.6 Å². The Morgan fingerprint density at radius 1 is 1.62 bits per heavy atom. The van der Waals surface area contributed by atoms with E-state index in [9.17, 15) is 0 Å². The number of aromatic amines is 1. The number of H-pyrrole nitrogens is 1. The molecule has 0 spiro atoms. The molecule has 0 radical (unpaired) electrons. The number of nitrogens with zero attached hydrogens (tertiary/aromatic N) is 2. The molecule has 1 aliphatic rings. The van der Waals surface area contributed by atoms with E-state index in [1.54, 1.807) is 0 Å². The zero-order chi connectivity index (χ0) is 9.59.